The van der Waals surface area contributed by atoms with Crippen molar-refractivity contribution in [3.8, 4) is 5.75 Å². The maximum atomic E-state index is 12.2. The topological polar surface area (TPSA) is 82.5 Å². The smallest absolute Gasteiger partial charge is 0.339 e. The Kier molecular flexibility index (Phi) is 3.64. The summed E-state index contributed by atoms with van der Waals surface area (Å²) in [5, 5.41) is 0.963. The molecule has 0 spiro atoms. The summed E-state index contributed by atoms with van der Waals surface area (Å²) in [5.74, 6) is 0.530. The fourth-order valence-corrected chi connectivity index (χ4v) is 3.12. The second-order valence-corrected chi connectivity index (χ2v) is 6.01. The number of nitrogens with two attached hydrogens (primary N) is 1. The fraction of sp³-hybridized carbons (Fsp3) is 0.412. The minimum atomic E-state index is -0.541. The monoisotopic (exact) mass is 301 g/mol. The molecule has 1 aromatic heterocycles. The number of carbonyl (C=O) groups is 1. The van der Waals surface area contributed by atoms with Gasteiger partial charge in [-0.2, -0.15) is 0 Å². The molecule has 0 bridgehead atoms. The molecule has 0 saturated heterocycles. The normalized spacial score (nSPS) is 17.3. The van der Waals surface area contributed by atoms with Crippen LogP contribution in [0.1, 0.15) is 30.0 Å². The van der Waals surface area contributed by atoms with E-state index in [9.17, 15) is 9.59 Å². The van der Waals surface area contributed by atoms with Gasteiger partial charge in [-0.05, 0) is 49.8 Å². The quantitative estimate of drug-likeness (QED) is 0.880. The minimum absolute atomic E-state index is 0.196. The van der Waals surface area contributed by atoms with Crippen LogP contribution in [0.4, 0.5) is 0 Å². The molecule has 0 saturated carbocycles. The molecule has 1 aliphatic rings. The van der Waals surface area contributed by atoms with Crippen molar-refractivity contribution >= 4 is 16.9 Å². The van der Waals surface area contributed by atoms with Gasteiger partial charge in [0.1, 0.15) is 11.3 Å². The highest BCUT2D eigenvalue weighted by atomic mass is 16.5. The molecule has 1 unspecified atom stereocenters. The number of carbonyl (C=O) groups excluding carboxylic acids is 1. The zero-order valence-corrected chi connectivity index (χ0v) is 12.8. The lowest BCUT2D eigenvalue weighted by Crippen LogP contribution is -2.21. The number of amides is 1. The molecule has 1 atom stereocenters. The summed E-state index contributed by atoms with van der Waals surface area (Å²) in [4.78, 5) is 23.1. The summed E-state index contributed by atoms with van der Waals surface area (Å²) in [6, 6.07) is 3.71. The number of hydrogen-bond donors (Lipinski definition) is 1. The highest BCUT2D eigenvalue weighted by molar-refractivity contribution is 5.86. The molecule has 1 aliphatic carbocycles. The summed E-state index contributed by atoms with van der Waals surface area (Å²) in [5.41, 5.74) is 7.99. The van der Waals surface area contributed by atoms with Crippen LogP contribution in [0.3, 0.4) is 0 Å². The molecule has 2 aromatic rings. The Morgan fingerprint density at radius 2 is 2.18 bits per heavy atom. The molecule has 2 N–H and O–H groups in total. The molecular formula is C17H19NO4. The first kappa shape index (κ1) is 14.6. The van der Waals surface area contributed by atoms with Crippen molar-refractivity contribution in [3.63, 3.8) is 0 Å². The molecule has 1 amide bonds. The van der Waals surface area contributed by atoms with Crippen LogP contribution in [0.25, 0.3) is 11.0 Å². The van der Waals surface area contributed by atoms with Gasteiger partial charge < -0.3 is 14.9 Å². The van der Waals surface area contributed by atoms with Gasteiger partial charge in [-0.25, -0.2) is 4.79 Å². The second kappa shape index (κ2) is 5.48. The average molecular weight is 301 g/mol. The van der Waals surface area contributed by atoms with Gasteiger partial charge in [-0.3, -0.25) is 4.79 Å². The van der Waals surface area contributed by atoms with Crippen molar-refractivity contribution in [1.82, 2.24) is 0 Å². The number of rotatable bonds is 3. The Bertz CT molecular complexity index is 806. The van der Waals surface area contributed by atoms with Crippen LogP contribution < -0.4 is 16.1 Å². The van der Waals surface area contributed by atoms with Crippen LogP contribution in [-0.2, 0) is 17.6 Å². The molecular weight excluding hydrogens is 282 g/mol. The number of primary amides is 1. The zero-order chi connectivity index (χ0) is 15.9. The van der Waals surface area contributed by atoms with E-state index in [1.54, 1.807) is 6.07 Å². The Morgan fingerprint density at radius 3 is 2.91 bits per heavy atom. The van der Waals surface area contributed by atoms with Crippen LogP contribution in [0, 0.1) is 12.8 Å². The Labute approximate surface area is 128 Å². The number of aryl methyl sites for hydroxylation is 1. The van der Waals surface area contributed by atoms with Crippen molar-refractivity contribution in [2.24, 2.45) is 11.7 Å². The third-order valence-corrected chi connectivity index (χ3v) is 4.30. The van der Waals surface area contributed by atoms with Gasteiger partial charge in [0.2, 0.25) is 0 Å². The predicted octanol–water partition coefficient (Wildman–Crippen LogP) is 2.09. The summed E-state index contributed by atoms with van der Waals surface area (Å²) < 4.78 is 10.9. The van der Waals surface area contributed by atoms with E-state index in [4.69, 9.17) is 14.9 Å². The van der Waals surface area contributed by atoms with Gasteiger partial charge in [0.05, 0.1) is 0 Å². The first-order valence-electron chi connectivity index (χ1n) is 7.46. The average Bonchev–Trinajstić information content (AvgIpc) is 2.47. The van der Waals surface area contributed by atoms with E-state index >= 15 is 0 Å². The van der Waals surface area contributed by atoms with E-state index in [0.29, 0.717) is 17.3 Å². The lowest BCUT2D eigenvalue weighted by Gasteiger charge is -2.22. The van der Waals surface area contributed by atoms with Crippen molar-refractivity contribution < 1.29 is 13.9 Å². The van der Waals surface area contributed by atoms with Crippen LogP contribution >= 0.6 is 0 Å². The number of fused-ring (bicyclic) bond motifs is 3. The Balaban J connectivity index is 2.16. The maximum absolute atomic E-state index is 12.2. The molecule has 0 fully saturated rings. The standard InChI is InChI=1S/C17H19NO4/c1-9-3-4-12-13(7-9)11-5-6-14(21-8-15(18)19)10(2)16(11)22-17(12)20/h5-6,9H,3-4,7-8H2,1-2H3,(H2,18,19). The fourth-order valence-electron chi connectivity index (χ4n) is 3.12. The maximum Gasteiger partial charge on any atom is 0.339 e. The minimum Gasteiger partial charge on any atom is -0.483 e. The van der Waals surface area contributed by atoms with Crippen LogP contribution in [0.2, 0.25) is 0 Å². The van der Waals surface area contributed by atoms with Crippen molar-refractivity contribution in [3.05, 3.63) is 39.2 Å². The lowest BCUT2D eigenvalue weighted by atomic mass is 9.84. The van der Waals surface area contributed by atoms with E-state index in [0.717, 1.165) is 41.3 Å². The Morgan fingerprint density at radius 1 is 1.41 bits per heavy atom. The van der Waals surface area contributed by atoms with Crippen molar-refractivity contribution in [2.45, 2.75) is 33.1 Å². The molecule has 5 nitrogen and oxygen atoms in total. The molecule has 1 heterocycles. The van der Waals surface area contributed by atoms with E-state index in [1.807, 2.05) is 13.0 Å². The SMILES string of the molecule is Cc1c(OCC(N)=O)ccc2c3c(c(=O)oc12)CCC(C)C3. The highest BCUT2D eigenvalue weighted by Gasteiger charge is 2.23. The lowest BCUT2D eigenvalue weighted by molar-refractivity contribution is -0.119. The molecule has 22 heavy (non-hydrogen) atoms. The molecule has 116 valence electrons. The molecule has 0 aliphatic heterocycles. The molecule has 5 heteroatoms. The number of ether oxygens (including phenoxy) is 1. The first-order valence-corrected chi connectivity index (χ1v) is 7.46. The summed E-state index contributed by atoms with van der Waals surface area (Å²) in [7, 11) is 0. The van der Waals surface area contributed by atoms with Crippen LogP contribution in [-0.4, -0.2) is 12.5 Å². The molecule has 1 aromatic carbocycles. The van der Waals surface area contributed by atoms with Crippen molar-refractivity contribution in [2.75, 3.05) is 6.61 Å². The van der Waals surface area contributed by atoms with Gasteiger partial charge in [0, 0.05) is 16.5 Å². The predicted molar refractivity (Wildman–Crippen MR) is 83.1 cm³/mol. The summed E-state index contributed by atoms with van der Waals surface area (Å²) >= 11 is 0. The van der Waals surface area contributed by atoms with E-state index in [-0.39, 0.29) is 12.2 Å². The largest absolute Gasteiger partial charge is 0.483 e. The summed E-state index contributed by atoms with van der Waals surface area (Å²) in [6.07, 6.45) is 2.67. The van der Waals surface area contributed by atoms with Gasteiger partial charge in [0.15, 0.2) is 6.61 Å². The molecule has 3 rings (SSSR count). The van der Waals surface area contributed by atoms with Crippen LogP contribution in [0.5, 0.6) is 5.75 Å². The summed E-state index contributed by atoms with van der Waals surface area (Å²) in [6.45, 7) is 3.82. The third kappa shape index (κ3) is 2.47. The molecule has 0 radical (unpaired) electrons. The highest BCUT2D eigenvalue weighted by Crippen LogP contribution is 2.33. The van der Waals surface area contributed by atoms with Crippen molar-refractivity contribution in [1.29, 1.82) is 0 Å². The van der Waals surface area contributed by atoms with Gasteiger partial charge in [-0.1, -0.05) is 6.92 Å². The Hall–Kier alpha value is -2.30. The van der Waals surface area contributed by atoms with Crippen LogP contribution in [0.15, 0.2) is 21.3 Å². The number of hydrogen-bond acceptors (Lipinski definition) is 4. The number of benzene rings is 1. The zero-order valence-electron chi connectivity index (χ0n) is 12.8. The van der Waals surface area contributed by atoms with Gasteiger partial charge in [0.25, 0.3) is 5.91 Å². The first-order chi connectivity index (χ1) is 10.5. The van der Waals surface area contributed by atoms with E-state index < -0.39 is 5.91 Å². The van der Waals surface area contributed by atoms with E-state index in [1.165, 1.54) is 0 Å². The second-order valence-electron chi connectivity index (χ2n) is 6.01. The third-order valence-electron chi connectivity index (χ3n) is 4.30. The van der Waals surface area contributed by atoms with Gasteiger partial charge in [-0.15, -0.1) is 0 Å². The van der Waals surface area contributed by atoms with Gasteiger partial charge >= 0.3 is 5.63 Å². The van der Waals surface area contributed by atoms with E-state index in [2.05, 4.69) is 6.92 Å².